The average Bonchev–Trinajstić information content (AvgIpc) is 3.48. The lowest BCUT2D eigenvalue weighted by Crippen LogP contribution is -2.27. The summed E-state index contributed by atoms with van der Waals surface area (Å²) in [5, 5.41) is 2.83. The highest BCUT2D eigenvalue weighted by Crippen LogP contribution is 2.35. The number of nitrogens with one attached hydrogen (secondary N) is 1. The molecule has 10 heteroatoms. The van der Waals surface area contributed by atoms with Crippen LogP contribution in [-0.2, 0) is 11.3 Å². The van der Waals surface area contributed by atoms with Crippen molar-refractivity contribution in [2.75, 3.05) is 11.9 Å². The summed E-state index contributed by atoms with van der Waals surface area (Å²) in [7, 11) is 0. The van der Waals surface area contributed by atoms with Gasteiger partial charge in [-0.05, 0) is 37.3 Å². The Bertz CT molecular complexity index is 1010. The van der Waals surface area contributed by atoms with E-state index in [0.717, 1.165) is 12.8 Å². The topological polar surface area (TPSA) is 84.4 Å². The molecule has 2 aromatic heterocycles. The second kappa shape index (κ2) is 8.76. The van der Waals surface area contributed by atoms with Gasteiger partial charge in [0.1, 0.15) is 5.82 Å². The van der Waals surface area contributed by atoms with Gasteiger partial charge in [-0.3, -0.25) is 9.59 Å². The molecule has 1 aliphatic carbocycles. The lowest BCUT2D eigenvalue weighted by atomic mass is 10.1. The quantitative estimate of drug-likeness (QED) is 0.652. The smallest absolute Gasteiger partial charge is 0.392 e. The van der Waals surface area contributed by atoms with Crippen molar-refractivity contribution in [1.82, 2.24) is 14.9 Å². The summed E-state index contributed by atoms with van der Waals surface area (Å²) in [6.07, 6.45) is 0.246. The minimum atomic E-state index is -4.29. The molecule has 0 bridgehead atoms. The fraction of sp³-hybridized carbons (Fsp3) is 0.455. The number of hydrogen-bond donors (Lipinski definition) is 1. The molecule has 0 spiro atoms. The number of carbonyl (C=O) groups is 2. The van der Waals surface area contributed by atoms with Gasteiger partial charge in [0.2, 0.25) is 11.8 Å². The van der Waals surface area contributed by atoms with E-state index in [1.807, 2.05) is 6.92 Å². The van der Waals surface area contributed by atoms with E-state index in [1.54, 1.807) is 17.0 Å². The predicted octanol–water partition coefficient (Wildman–Crippen LogP) is 4.26. The number of rotatable bonds is 8. The summed E-state index contributed by atoms with van der Waals surface area (Å²) in [4.78, 5) is 35.1. The van der Waals surface area contributed by atoms with E-state index in [9.17, 15) is 22.8 Å². The molecule has 0 radical (unpaired) electrons. The van der Waals surface area contributed by atoms with Crippen LogP contribution in [0.3, 0.4) is 0 Å². The first-order valence-electron chi connectivity index (χ1n) is 10.5. The number of halogens is 3. The van der Waals surface area contributed by atoms with Gasteiger partial charge in [0.25, 0.3) is 5.91 Å². The van der Waals surface area contributed by atoms with Gasteiger partial charge >= 0.3 is 6.18 Å². The molecular formula is C22H23F3N4O3. The highest BCUT2D eigenvalue weighted by atomic mass is 19.4. The van der Waals surface area contributed by atoms with Crippen LogP contribution in [0.1, 0.15) is 60.1 Å². The van der Waals surface area contributed by atoms with Crippen molar-refractivity contribution >= 4 is 17.6 Å². The molecule has 2 aromatic rings. The van der Waals surface area contributed by atoms with Gasteiger partial charge in [-0.2, -0.15) is 13.2 Å². The molecule has 1 unspecified atom stereocenters. The Morgan fingerprint density at radius 1 is 1.28 bits per heavy atom. The van der Waals surface area contributed by atoms with Crippen molar-refractivity contribution < 1.29 is 27.5 Å². The van der Waals surface area contributed by atoms with E-state index in [1.165, 1.54) is 18.5 Å². The summed E-state index contributed by atoms with van der Waals surface area (Å²) >= 11 is 0. The fourth-order valence-corrected chi connectivity index (χ4v) is 3.61. The first-order valence-corrected chi connectivity index (χ1v) is 10.5. The second-order valence-corrected chi connectivity index (χ2v) is 8.13. The first kappa shape index (κ1) is 22.0. The molecule has 1 saturated carbocycles. The van der Waals surface area contributed by atoms with E-state index >= 15 is 0 Å². The van der Waals surface area contributed by atoms with Crippen LogP contribution in [0.15, 0.2) is 30.6 Å². The lowest BCUT2D eigenvalue weighted by Gasteiger charge is -2.24. The largest absolute Gasteiger partial charge is 0.477 e. The molecule has 2 amide bonds. The zero-order valence-electron chi connectivity index (χ0n) is 17.5. The number of ether oxygens (including phenoxy) is 1. The Hall–Kier alpha value is -3.17. The van der Waals surface area contributed by atoms with Crippen molar-refractivity contribution in [3.05, 3.63) is 47.3 Å². The van der Waals surface area contributed by atoms with Crippen LogP contribution in [0.4, 0.5) is 19.0 Å². The van der Waals surface area contributed by atoms with Gasteiger partial charge in [-0.1, -0.05) is 6.07 Å². The lowest BCUT2D eigenvalue weighted by molar-refractivity contribution is -0.139. The van der Waals surface area contributed by atoms with Gasteiger partial charge < -0.3 is 15.0 Å². The van der Waals surface area contributed by atoms with Gasteiger partial charge in [0, 0.05) is 36.0 Å². The highest BCUT2D eigenvalue weighted by Gasteiger charge is 2.34. The zero-order chi connectivity index (χ0) is 22.9. The number of fused-ring (bicyclic) bond motifs is 1. The van der Waals surface area contributed by atoms with E-state index < -0.39 is 19.2 Å². The molecule has 32 heavy (non-hydrogen) atoms. The van der Waals surface area contributed by atoms with Crippen molar-refractivity contribution in [2.24, 2.45) is 5.92 Å². The Morgan fingerprint density at radius 3 is 2.72 bits per heavy atom. The predicted molar refractivity (Wildman–Crippen MR) is 109 cm³/mol. The number of carbonyl (C=O) groups excluding carboxylic acids is 2. The van der Waals surface area contributed by atoms with Gasteiger partial charge in [0.05, 0.1) is 25.6 Å². The third-order valence-corrected chi connectivity index (χ3v) is 5.65. The maximum absolute atomic E-state index is 13.0. The van der Waals surface area contributed by atoms with Gasteiger partial charge in [-0.15, -0.1) is 0 Å². The summed E-state index contributed by atoms with van der Waals surface area (Å²) in [6, 6.07) is 4.45. The van der Waals surface area contributed by atoms with E-state index in [0.29, 0.717) is 34.8 Å². The van der Waals surface area contributed by atoms with Crippen LogP contribution in [0.25, 0.3) is 0 Å². The van der Waals surface area contributed by atoms with Crippen molar-refractivity contribution in [1.29, 1.82) is 0 Å². The Kier molecular flexibility index (Phi) is 6.03. The summed E-state index contributed by atoms with van der Waals surface area (Å²) in [6.45, 7) is 1.61. The van der Waals surface area contributed by atoms with Crippen LogP contribution in [-0.4, -0.2) is 39.5 Å². The normalized spacial score (nSPS) is 16.6. The van der Waals surface area contributed by atoms with Gasteiger partial charge in [0.15, 0.2) is 0 Å². The van der Waals surface area contributed by atoms with E-state index in [-0.39, 0.29) is 30.3 Å². The third kappa shape index (κ3) is 5.17. The second-order valence-electron chi connectivity index (χ2n) is 8.13. The van der Waals surface area contributed by atoms with Crippen molar-refractivity contribution in [3.8, 4) is 5.88 Å². The minimum Gasteiger partial charge on any atom is -0.477 e. The number of anilines is 1. The highest BCUT2D eigenvalue weighted by molar-refractivity contribution is 6.01. The number of aromatic nitrogens is 2. The number of amides is 2. The molecule has 1 N–H and O–H groups in total. The fourth-order valence-electron chi connectivity index (χ4n) is 3.61. The van der Waals surface area contributed by atoms with Crippen molar-refractivity contribution in [3.63, 3.8) is 0 Å². The van der Waals surface area contributed by atoms with Crippen LogP contribution < -0.4 is 10.1 Å². The number of pyridine rings is 2. The summed E-state index contributed by atoms with van der Waals surface area (Å²) < 4.78 is 41.8. The maximum atomic E-state index is 13.0. The SMILES string of the molecule is CC(c1ccc(OCCC(F)(F)F)nc1)N1Cc2c(ccnc2NC(=O)CC2CC2)C1=O. The molecule has 4 rings (SSSR count). The first-order chi connectivity index (χ1) is 15.2. The van der Waals surface area contributed by atoms with Gasteiger partial charge in [-0.25, -0.2) is 9.97 Å². The molecule has 7 nitrogen and oxygen atoms in total. The van der Waals surface area contributed by atoms with E-state index in [4.69, 9.17) is 4.74 Å². The Morgan fingerprint density at radius 2 is 2.06 bits per heavy atom. The molecule has 0 saturated heterocycles. The summed E-state index contributed by atoms with van der Waals surface area (Å²) in [5.74, 6) is 0.655. The molecule has 0 aromatic carbocycles. The summed E-state index contributed by atoms with van der Waals surface area (Å²) in [5.41, 5.74) is 1.88. The van der Waals surface area contributed by atoms with Crippen LogP contribution in [0.5, 0.6) is 5.88 Å². The minimum absolute atomic E-state index is 0.0890. The number of alkyl halides is 3. The average molecular weight is 448 g/mol. The molecule has 1 fully saturated rings. The molecule has 1 aliphatic heterocycles. The third-order valence-electron chi connectivity index (χ3n) is 5.65. The molecule has 2 aliphatic rings. The monoisotopic (exact) mass is 448 g/mol. The standard InChI is InChI=1S/C22H23F3N4O3/c1-13(15-4-5-19(27-11-15)32-9-7-22(23,24)25)29-12-17-16(21(29)31)6-8-26-20(17)28-18(30)10-14-2-3-14/h4-6,8,11,13-14H,2-3,7,9-10,12H2,1H3,(H,26,28,30). The molecular weight excluding hydrogens is 425 g/mol. The van der Waals surface area contributed by atoms with Crippen LogP contribution in [0, 0.1) is 5.92 Å². The molecule has 170 valence electrons. The number of nitrogens with zero attached hydrogens (tertiary/aromatic N) is 3. The zero-order valence-corrected chi connectivity index (χ0v) is 17.5. The Labute approximate surface area is 183 Å². The van der Waals surface area contributed by atoms with Crippen LogP contribution in [0.2, 0.25) is 0 Å². The van der Waals surface area contributed by atoms with Crippen molar-refractivity contribution in [2.45, 2.75) is 51.4 Å². The molecule has 3 heterocycles. The Balaban J connectivity index is 1.41. The number of hydrogen-bond acceptors (Lipinski definition) is 5. The van der Waals surface area contributed by atoms with E-state index in [2.05, 4.69) is 15.3 Å². The molecule has 1 atom stereocenters. The maximum Gasteiger partial charge on any atom is 0.392 e. The van der Waals surface area contributed by atoms with Crippen LogP contribution >= 0.6 is 0 Å².